The summed E-state index contributed by atoms with van der Waals surface area (Å²) in [5.41, 5.74) is -0.716. The standard InChI is InChI=1S/C10H14O2.C10H16O2/c1-10-6-2-4-8(5-3-7-10)12-9(10)11;1-10(9(11)12)7-5-3-2-4-6-8-10/h2,4,8H,3,5-7H2,1H3;2-3H,4-8H2,1H3,(H,11,12)/b;3-2-. The summed E-state index contributed by atoms with van der Waals surface area (Å²) >= 11 is 0. The Balaban J connectivity index is 0.000000174. The van der Waals surface area contributed by atoms with Gasteiger partial charge in [-0.3, -0.25) is 9.59 Å². The highest BCUT2D eigenvalue weighted by Gasteiger charge is 2.38. The Bertz CT molecular complexity index is 522. The van der Waals surface area contributed by atoms with E-state index in [2.05, 4.69) is 18.2 Å². The fraction of sp³-hybridized carbons (Fsp3) is 0.700. The van der Waals surface area contributed by atoms with E-state index >= 15 is 0 Å². The fourth-order valence-electron chi connectivity index (χ4n) is 3.52. The van der Waals surface area contributed by atoms with Gasteiger partial charge in [-0.1, -0.05) is 18.2 Å². The summed E-state index contributed by atoms with van der Waals surface area (Å²) in [6.07, 6.45) is 16.9. The van der Waals surface area contributed by atoms with Gasteiger partial charge in [0.05, 0.1) is 10.8 Å². The number of carboxylic acid groups (broad SMARTS) is 1. The number of hydrogen-bond acceptors (Lipinski definition) is 3. The molecule has 0 amide bonds. The zero-order valence-electron chi connectivity index (χ0n) is 14.9. The van der Waals surface area contributed by atoms with E-state index in [0.717, 1.165) is 57.8 Å². The Morgan fingerprint density at radius 1 is 1.12 bits per heavy atom. The largest absolute Gasteiger partial charge is 0.481 e. The minimum absolute atomic E-state index is 0.00463. The molecule has 0 aromatic rings. The molecule has 4 heteroatoms. The van der Waals surface area contributed by atoms with Gasteiger partial charge in [0, 0.05) is 0 Å². The van der Waals surface area contributed by atoms with Gasteiger partial charge < -0.3 is 9.84 Å². The van der Waals surface area contributed by atoms with E-state index in [9.17, 15) is 9.59 Å². The lowest BCUT2D eigenvalue weighted by molar-refractivity contribution is -0.155. The van der Waals surface area contributed by atoms with Crippen molar-refractivity contribution in [3.05, 3.63) is 24.3 Å². The molecule has 1 fully saturated rings. The molecule has 0 radical (unpaired) electrons. The second-order valence-electron chi connectivity index (χ2n) is 7.80. The Morgan fingerprint density at radius 3 is 2.62 bits per heavy atom. The predicted octanol–water partition coefficient (Wildman–Crippen LogP) is 4.65. The SMILES string of the molecule is CC1(C(=O)O)CC/C=C\CCC1.CC12CC=CC(CCC1)OC2=O. The molecule has 0 spiro atoms. The van der Waals surface area contributed by atoms with Gasteiger partial charge in [-0.25, -0.2) is 0 Å². The second kappa shape index (κ2) is 8.00. The number of ether oxygens (including phenoxy) is 1. The van der Waals surface area contributed by atoms with Crippen molar-refractivity contribution in [2.75, 3.05) is 0 Å². The van der Waals surface area contributed by atoms with Crippen molar-refractivity contribution in [2.24, 2.45) is 10.8 Å². The molecule has 134 valence electrons. The molecular weight excluding hydrogens is 304 g/mol. The second-order valence-corrected chi connectivity index (χ2v) is 7.80. The maximum atomic E-state index is 11.6. The molecular formula is C20H30O4. The Morgan fingerprint density at radius 2 is 1.88 bits per heavy atom. The molecule has 1 aliphatic carbocycles. The maximum absolute atomic E-state index is 11.6. The van der Waals surface area contributed by atoms with Crippen molar-refractivity contribution < 1.29 is 19.4 Å². The maximum Gasteiger partial charge on any atom is 0.312 e. The average molecular weight is 334 g/mol. The molecule has 3 atom stereocenters. The average Bonchev–Trinajstić information content (AvgIpc) is 2.71. The third-order valence-corrected chi connectivity index (χ3v) is 5.53. The van der Waals surface area contributed by atoms with E-state index in [-0.39, 0.29) is 17.5 Å². The first kappa shape index (κ1) is 18.8. The van der Waals surface area contributed by atoms with Crippen molar-refractivity contribution in [3.8, 4) is 0 Å². The first-order chi connectivity index (χ1) is 11.4. The highest BCUT2D eigenvalue weighted by atomic mass is 16.5. The Hall–Kier alpha value is -1.58. The lowest BCUT2D eigenvalue weighted by atomic mass is 9.79. The van der Waals surface area contributed by atoms with Gasteiger partial charge in [-0.2, -0.15) is 0 Å². The number of allylic oxidation sites excluding steroid dienone is 3. The summed E-state index contributed by atoms with van der Waals surface area (Å²) in [4.78, 5) is 22.5. The number of esters is 1. The number of carboxylic acids is 1. The van der Waals surface area contributed by atoms with E-state index < -0.39 is 11.4 Å². The molecule has 3 aliphatic rings. The normalized spacial score (nSPS) is 36.9. The van der Waals surface area contributed by atoms with Crippen LogP contribution in [0.5, 0.6) is 0 Å². The lowest BCUT2D eigenvalue weighted by Crippen LogP contribution is -2.27. The molecule has 3 rings (SSSR count). The van der Waals surface area contributed by atoms with Crippen LogP contribution in [0.4, 0.5) is 0 Å². The molecule has 0 aromatic carbocycles. The van der Waals surface area contributed by atoms with Gasteiger partial charge in [0.1, 0.15) is 6.10 Å². The highest BCUT2D eigenvalue weighted by molar-refractivity contribution is 5.77. The molecule has 1 N–H and O–H groups in total. The minimum atomic E-state index is -0.641. The van der Waals surface area contributed by atoms with Crippen LogP contribution in [-0.4, -0.2) is 23.1 Å². The summed E-state index contributed by atoms with van der Waals surface area (Å²) in [5.74, 6) is -0.646. The van der Waals surface area contributed by atoms with Crippen LogP contribution in [0.2, 0.25) is 0 Å². The van der Waals surface area contributed by atoms with Crippen LogP contribution in [0, 0.1) is 10.8 Å². The molecule has 2 heterocycles. The summed E-state index contributed by atoms with van der Waals surface area (Å²) in [5, 5.41) is 8.99. The summed E-state index contributed by atoms with van der Waals surface area (Å²) in [6, 6.07) is 0. The summed E-state index contributed by atoms with van der Waals surface area (Å²) in [7, 11) is 0. The van der Waals surface area contributed by atoms with Crippen LogP contribution in [0.25, 0.3) is 0 Å². The van der Waals surface area contributed by atoms with Crippen LogP contribution in [0.15, 0.2) is 24.3 Å². The Labute approximate surface area is 145 Å². The minimum Gasteiger partial charge on any atom is -0.481 e. The van der Waals surface area contributed by atoms with E-state index in [0.29, 0.717) is 0 Å². The van der Waals surface area contributed by atoms with Gasteiger partial charge in [-0.15, -0.1) is 0 Å². The van der Waals surface area contributed by atoms with Crippen molar-refractivity contribution in [1.29, 1.82) is 0 Å². The van der Waals surface area contributed by atoms with E-state index in [1.54, 1.807) is 0 Å². The van der Waals surface area contributed by atoms with Crippen LogP contribution >= 0.6 is 0 Å². The molecule has 2 bridgehead atoms. The van der Waals surface area contributed by atoms with Gasteiger partial charge in [-0.05, 0) is 77.7 Å². The van der Waals surface area contributed by atoms with E-state index in [1.807, 2.05) is 19.9 Å². The number of rotatable bonds is 1. The first-order valence-electron chi connectivity index (χ1n) is 9.12. The van der Waals surface area contributed by atoms with Crippen molar-refractivity contribution in [2.45, 2.75) is 77.7 Å². The van der Waals surface area contributed by atoms with Gasteiger partial charge in [0.2, 0.25) is 0 Å². The fourth-order valence-corrected chi connectivity index (χ4v) is 3.52. The third-order valence-electron chi connectivity index (χ3n) is 5.53. The number of aliphatic carboxylic acids is 1. The first-order valence-corrected chi connectivity index (χ1v) is 9.12. The van der Waals surface area contributed by atoms with Crippen LogP contribution in [-0.2, 0) is 14.3 Å². The third kappa shape index (κ3) is 4.71. The number of carbonyl (C=O) groups excluding carboxylic acids is 1. The molecule has 0 aromatic heterocycles. The summed E-state index contributed by atoms with van der Waals surface area (Å²) in [6.45, 7) is 3.86. The molecule has 3 unspecified atom stereocenters. The molecule has 24 heavy (non-hydrogen) atoms. The topological polar surface area (TPSA) is 63.6 Å². The molecule has 4 nitrogen and oxygen atoms in total. The molecule has 0 saturated carbocycles. The zero-order chi connectivity index (χ0) is 17.6. The predicted molar refractivity (Wildman–Crippen MR) is 93.6 cm³/mol. The quantitative estimate of drug-likeness (QED) is 0.560. The number of hydrogen-bond donors (Lipinski definition) is 1. The van der Waals surface area contributed by atoms with E-state index in [1.165, 1.54) is 0 Å². The highest BCUT2D eigenvalue weighted by Crippen LogP contribution is 2.37. The van der Waals surface area contributed by atoms with Crippen LogP contribution in [0.1, 0.15) is 71.6 Å². The monoisotopic (exact) mass is 334 g/mol. The van der Waals surface area contributed by atoms with Gasteiger partial charge >= 0.3 is 11.9 Å². The van der Waals surface area contributed by atoms with Crippen LogP contribution < -0.4 is 0 Å². The molecule has 2 aliphatic heterocycles. The van der Waals surface area contributed by atoms with Crippen molar-refractivity contribution in [3.63, 3.8) is 0 Å². The smallest absolute Gasteiger partial charge is 0.312 e. The van der Waals surface area contributed by atoms with E-state index in [4.69, 9.17) is 9.84 Å². The molecule has 1 saturated heterocycles. The Kier molecular flexibility index (Phi) is 6.25. The van der Waals surface area contributed by atoms with Crippen molar-refractivity contribution in [1.82, 2.24) is 0 Å². The van der Waals surface area contributed by atoms with Gasteiger partial charge in [0.15, 0.2) is 0 Å². The number of fused-ring (bicyclic) bond motifs is 3. The zero-order valence-corrected chi connectivity index (χ0v) is 14.9. The van der Waals surface area contributed by atoms with Crippen molar-refractivity contribution >= 4 is 11.9 Å². The van der Waals surface area contributed by atoms with Crippen LogP contribution in [0.3, 0.4) is 0 Å². The number of carbonyl (C=O) groups is 2. The van der Waals surface area contributed by atoms with Gasteiger partial charge in [0.25, 0.3) is 0 Å². The lowest BCUT2D eigenvalue weighted by Gasteiger charge is -2.24. The summed E-state index contributed by atoms with van der Waals surface area (Å²) < 4.78 is 5.31.